The second kappa shape index (κ2) is 6.25. The van der Waals surface area contributed by atoms with Gasteiger partial charge in [0.05, 0.1) is 6.04 Å². The maximum Gasteiger partial charge on any atom is 0.251 e. The first-order valence-corrected chi connectivity index (χ1v) is 5.43. The van der Waals surface area contributed by atoms with Crippen molar-refractivity contribution in [1.29, 1.82) is 0 Å². The summed E-state index contributed by atoms with van der Waals surface area (Å²) >= 11 is 0. The summed E-state index contributed by atoms with van der Waals surface area (Å²) in [6, 6.07) is 9.88. The number of benzene rings is 1. The predicted molar refractivity (Wildman–Crippen MR) is 64.3 cm³/mol. The predicted octanol–water partition coefficient (Wildman–Crippen LogP) is 0.887. The lowest BCUT2D eigenvalue weighted by atomic mass is 10.1. The van der Waals surface area contributed by atoms with Crippen LogP contribution < -0.4 is 11.3 Å². The molecule has 0 aliphatic rings. The van der Waals surface area contributed by atoms with Crippen molar-refractivity contribution in [2.75, 3.05) is 7.05 Å². The number of nitrogens with one attached hydrogen (secondary N) is 1. The number of carbonyl (C=O) groups excluding carboxylic acids is 1. The van der Waals surface area contributed by atoms with Gasteiger partial charge in [-0.25, -0.2) is 5.84 Å². The zero-order valence-electron chi connectivity index (χ0n) is 9.81. The third kappa shape index (κ3) is 3.32. The van der Waals surface area contributed by atoms with Crippen LogP contribution >= 0.6 is 0 Å². The van der Waals surface area contributed by atoms with E-state index in [2.05, 4.69) is 5.43 Å². The maximum atomic E-state index is 11.5. The molecule has 1 unspecified atom stereocenters. The molecule has 0 saturated carbocycles. The summed E-state index contributed by atoms with van der Waals surface area (Å²) in [5.41, 5.74) is 3.39. The Kier molecular flexibility index (Phi) is 4.95. The molecule has 16 heavy (non-hydrogen) atoms. The molecule has 3 N–H and O–H groups in total. The fourth-order valence-corrected chi connectivity index (χ4v) is 1.78. The van der Waals surface area contributed by atoms with Crippen molar-refractivity contribution in [3.05, 3.63) is 35.9 Å². The number of hydrogen-bond acceptors (Lipinski definition) is 3. The molecule has 88 valence electrons. The Morgan fingerprint density at radius 3 is 2.56 bits per heavy atom. The number of nitrogens with zero attached hydrogens (tertiary/aromatic N) is 1. The van der Waals surface area contributed by atoms with Crippen LogP contribution in [0, 0.1) is 0 Å². The summed E-state index contributed by atoms with van der Waals surface area (Å²) in [5, 5.41) is 0. The number of amides is 1. The Bertz CT molecular complexity index is 326. The quantitative estimate of drug-likeness (QED) is 0.441. The molecule has 0 aliphatic heterocycles. The highest BCUT2D eigenvalue weighted by atomic mass is 16.2. The lowest BCUT2D eigenvalue weighted by molar-refractivity contribution is -0.126. The van der Waals surface area contributed by atoms with Crippen molar-refractivity contribution in [3.8, 4) is 0 Å². The standard InChI is InChI=1S/C12H19N3O/c1-3-11(12(16)14-13)15(2)9-10-7-5-4-6-8-10/h4-8,11H,3,9,13H2,1-2H3,(H,14,16). The van der Waals surface area contributed by atoms with E-state index in [4.69, 9.17) is 5.84 Å². The molecule has 4 nitrogen and oxygen atoms in total. The Morgan fingerprint density at radius 1 is 1.44 bits per heavy atom. The number of nitrogens with two attached hydrogens (primary N) is 1. The first-order valence-electron chi connectivity index (χ1n) is 5.43. The first-order chi connectivity index (χ1) is 7.69. The molecule has 1 aromatic carbocycles. The molecule has 1 aromatic rings. The molecular formula is C12H19N3O. The molecule has 0 heterocycles. The van der Waals surface area contributed by atoms with Crippen molar-refractivity contribution < 1.29 is 4.79 Å². The van der Waals surface area contributed by atoms with Crippen molar-refractivity contribution in [1.82, 2.24) is 10.3 Å². The van der Waals surface area contributed by atoms with Crippen LogP contribution in [-0.2, 0) is 11.3 Å². The SMILES string of the molecule is CCC(C(=O)NN)N(C)Cc1ccccc1. The first kappa shape index (κ1) is 12.7. The maximum absolute atomic E-state index is 11.5. The minimum absolute atomic E-state index is 0.138. The smallest absolute Gasteiger partial charge is 0.251 e. The molecule has 0 spiro atoms. The van der Waals surface area contributed by atoms with Gasteiger partial charge in [0.15, 0.2) is 0 Å². The average molecular weight is 221 g/mol. The van der Waals surface area contributed by atoms with E-state index in [9.17, 15) is 4.79 Å². The second-order valence-corrected chi connectivity index (χ2v) is 3.83. The molecule has 1 atom stereocenters. The van der Waals surface area contributed by atoms with Crippen molar-refractivity contribution in [2.24, 2.45) is 5.84 Å². The zero-order chi connectivity index (χ0) is 12.0. The van der Waals surface area contributed by atoms with Crippen LogP contribution in [0.25, 0.3) is 0 Å². The van der Waals surface area contributed by atoms with Crippen molar-refractivity contribution >= 4 is 5.91 Å². The molecule has 0 fully saturated rings. The van der Waals surface area contributed by atoms with Crippen LogP contribution in [0.15, 0.2) is 30.3 Å². The fourth-order valence-electron chi connectivity index (χ4n) is 1.78. The van der Waals surface area contributed by atoms with Gasteiger partial charge in [-0.3, -0.25) is 15.1 Å². The van der Waals surface area contributed by atoms with Crippen molar-refractivity contribution in [3.63, 3.8) is 0 Å². The highest BCUT2D eigenvalue weighted by Gasteiger charge is 2.20. The Morgan fingerprint density at radius 2 is 2.06 bits per heavy atom. The van der Waals surface area contributed by atoms with Crippen LogP contribution in [0.1, 0.15) is 18.9 Å². The van der Waals surface area contributed by atoms with Gasteiger partial charge < -0.3 is 0 Å². The van der Waals surface area contributed by atoms with Crippen LogP contribution in [0.2, 0.25) is 0 Å². The summed E-state index contributed by atoms with van der Waals surface area (Å²) in [6.45, 7) is 2.72. The summed E-state index contributed by atoms with van der Waals surface area (Å²) in [7, 11) is 1.93. The summed E-state index contributed by atoms with van der Waals surface area (Å²) in [6.07, 6.45) is 0.742. The molecular weight excluding hydrogens is 202 g/mol. The fraction of sp³-hybridized carbons (Fsp3) is 0.417. The van der Waals surface area contributed by atoms with Crippen LogP contribution in [0.4, 0.5) is 0 Å². The third-order valence-electron chi connectivity index (χ3n) is 2.64. The lowest BCUT2D eigenvalue weighted by Crippen LogP contribution is -2.46. The van der Waals surface area contributed by atoms with Gasteiger partial charge >= 0.3 is 0 Å². The van der Waals surface area contributed by atoms with Gasteiger partial charge in [-0.05, 0) is 19.0 Å². The van der Waals surface area contributed by atoms with E-state index in [1.54, 1.807) is 0 Å². The molecule has 0 bridgehead atoms. The van der Waals surface area contributed by atoms with E-state index in [0.717, 1.165) is 13.0 Å². The summed E-state index contributed by atoms with van der Waals surface area (Å²) < 4.78 is 0. The van der Waals surface area contributed by atoms with Gasteiger partial charge in [0.25, 0.3) is 5.91 Å². The number of carbonyl (C=O) groups is 1. The molecule has 0 saturated heterocycles. The zero-order valence-corrected chi connectivity index (χ0v) is 9.81. The largest absolute Gasteiger partial charge is 0.293 e. The Balaban J connectivity index is 2.63. The molecule has 1 rings (SSSR count). The Hall–Kier alpha value is -1.39. The highest BCUT2D eigenvalue weighted by Crippen LogP contribution is 2.08. The Labute approximate surface area is 96.4 Å². The van der Waals surface area contributed by atoms with Crippen molar-refractivity contribution in [2.45, 2.75) is 25.9 Å². The molecule has 4 heteroatoms. The van der Waals surface area contributed by atoms with E-state index in [1.807, 2.05) is 49.2 Å². The molecule has 0 aliphatic carbocycles. The van der Waals surface area contributed by atoms with E-state index in [1.165, 1.54) is 5.56 Å². The van der Waals surface area contributed by atoms with Gasteiger partial charge in [-0.1, -0.05) is 37.3 Å². The van der Waals surface area contributed by atoms with Gasteiger partial charge in [-0.2, -0.15) is 0 Å². The summed E-state index contributed by atoms with van der Waals surface area (Å²) in [5.74, 6) is 5.02. The third-order valence-corrected chi connectivity index (χ3v) is 2.64. The molecule has 0 radical (unpaired) electrons. The monoisotopic (exact) mass is 221 g/mol. The minimum atomic E-state index is -0.176. The second-order valence-electron chi connectivity index (χ2n) is 3.83. The lowest BCUT2D eigenvalue weighted by Gasteiger charge is -2.25. The number of hydrogen-bond donors (Lipinski definition) is 2. The number of rotatable bonds is 5. The minimum Gasteiger partial charge on any atom is -0.293 e. The molecule has 0 aromatic heterocycles. The van der Waals surface area contributed by atoms with E-state index in [-0.39, 0.29) is 11.9 Å². The van der Waals surface area contributed by atoms with Crippen LogP contribution in [0.3, 0.4) is 0 Å². The average Bonchev–Trinajstić information content (AvgIpc) is 2.31. The highest BCUT2D eigenvalue weighted by molar-refractivity contribution is 5.80. The van der Waals surface area contributed by atoms with Crippen LogP contribution in [0.5, 0.6) is 0 Å². The number of hydrazine groups is 1. The molecule has 1 amide bonds. The van der Waals surface area contributed by atoms with E-state index in [0.29, 0.717) is 0 Å². The van der Waals surface area contributed by atoms with Gasteiger partial charge in [0, 0.05) is 6.54 Å². The normalized spacial score (nSPS) is 12.5. The van der Waals surface area contributed by atoms with Gasteiger partial charge in [0.2, 0.25) is 0 Å². The number of likely N-dealkylation sites (N-methyl/N-ethyl adjacent to an activating group) is 1. The van der Waals surface area contributed by atoms with E-state index < -0.39 is 0 Å². The van der Waals surface area contributed by atoms with Gasteiger partial charge in [-0.15, -0.1) is 0 Å². The summed E-state index contributed by atoms with van der Waals surface area (Å²) in [4.78, 5) is 13.5. The van der Waals surface area contributed by atoms with Gasteiger partial charge in [0.1, 0.15) is 0 Å². The van der Waals surface area contributed by atoms with Crippen LogP contribution in [-0.4, -0.2) is 23.9 Å². The van der Waals surface area contributed by atoms with E-state index >= 15 is 0 Å². The topological polar surface area (TPSA) is 58.4 Å².